The fourth-order valence-corrected chi connectivity index (χ4v) is 6.24. The first-order valence-electron chi connectivity index (χ1n) is 6.99. The standard InChI is InChI=1S/C14H25NS/c1-15-8-13(16-2)14-11-4-9-3-10(6-11)7-12(14)5-9/h9-15H,3-8H2,1-2H3. The second-order valence-electron chi connectivity index (χ2n) is 6.34. The Morgan fingerprint density at radius 2 is 1.62 bits per heavy atom. The van der Waals surface area contributed by atoms with Gasteiger partial charge in [-0.3, -0.25) is 0 Å². The first kappa shape index (κ1) is 11.4. The van der Waals surface area contributed by atoms with Gasteiger partial charge in [0.25, 0.3) is 0 Å². The number of nitrogens with one attached hydrogen (secondary N) is 1. The fourth-order valence-electron chi connectivity index (χ4n) is 5.15. The van der Waals surface area contributed by atoms with Gasteiger partial charge in [-0.15, -0.1) is 0 Å². The molecule has 4 bridgehead atoms. The Morgan fingerprint density at radius 1 is 1.06 bits per heavy atom. The topological polar surface area (TPSA) is 12.0 Å². The van der Waals surface area contributed by atoms with Crippen LogP contribution >= 0.6 is 11.8 Å². The van der Waals surface area contributed by atoms with Crippen molar-refractivity contribution in [1.82, 2.24) is 5.32 Å². The van der Waals surface area contributed by atoms with Crippen molar-refractivity contribution in [3.05, 3.63) is 0 Å². The summed E-state index contributed by atoms with van der Waals surface area (Å²) >= 11 is 2.11. The van der Waals surface area contributed by atoms with E-state index < -0.39 is 0 Å². The molecule has 1 N–H and O–H groups in total. The number of hydrogen-bond donors (Lipinski definition) is 1. The Hall–Kier alpha value is 0.310. The van der Waals surface area contributed by atoms with Crippen LogP contribution in [0.15, 0.2) is 0 Å². The molecule has 4 aliphatic carbocycles. The first-order valence-corrected chi connectivity index (χ1v) is 8.28. The van der Waals surface area contributed by atoms with Crippen molar-refractivity contribution >= 4 is 11.8 Å². The second kappa shape index (κ2) is 4.53. The molecular weight excluding hydrogens is 214 g/mol. The predicted molar refractivity (Wildman–Crippen MR) is 71.8 cm³/mol. The molecule has 0 heterocycles. The highest BCUT2D eigenvalue weighted by Gasteiger charge is 2.50. The van der Waals surface area contributed by atoms with Crippen LogP contribution in [0.4, 0.5) is 0 Å². The minimum atomic E-state index is 0.875. The Bertz CT molecular complexity index is 222. The summed E-state index contributed by atoms with van der Waals surface area (Å²) in [6, 6.07) is 0. The van der Waals surface area contributed by atoms with Crippen LogP contribution in [0.25, 0.3) is 0 Å². The van der Waals surface area contributed by atoms with Gasteiger partial charge < -0.3 is 5.32 Å². The molecule has 0 spiro atoms. The summed E-state index contributed by atoms with van der Waals surface area (Å²) in [4.78, 5) is 0. The van der Waals surface area contributed by atoms with Gasteiger partial charge in [0, 0.05) is 11.8 Å². The number of hydrogen-bond acceptors (Lipinski definition) is 2. The quantitative estimate of drug-likeness (QED) is 0.809. The van der Waals surface area contributed by atoms with Crippen molar-refractivity contribution in [2.24, 2.45) is 29.6 Å². The molecule has 0 amide bonds. The van der Waals surface area contributed by atoms with E-state index in [4.69, 9.17) is 0 Å². The SMILES string of the molecule is CNCC(SC)C1C2CC3CC(C2)CC1C3. The zero-order chi connectivity index (χ0) is 11.1. The van der Waals surface area contributed by atoms with E-state index in [1.807, 2.05) is 0 Å². The average molecular weight is 239 g/mol. The third-order valence-electron chi connectivity index (χ3n) is 5.44. The molecule has 0 aromatic rings. The highest BCUT2D eigenvalue weighted by atomic mass is 32.2. The lowest BCUT2D eigenvalue weighted by molar-refractivity contribution is -0.0365. The van der Waals surface area contributed by atoms with Gasteiger partial charge in [-0.2, -0.15) is 11.8 Å². The zero-order valence-electron chi connectivity index (χ0n) is 10.6. The molecule has 4 rings (SSSR count). The summed E-state index contributed by atoms with van der Waals surface area (Å²) in [5.74, 6) is 5.45. The maximum Gasteiger partial charge on any atom is 0.0203 e. The summed E-state index contributed by atoms with van der Waals surface area (Å²) in [5.41, 5.74) is 0. The van der Waals surface area contributed by atoms with E-state index >= 15 is 0 Å². The lowest BCUT2D eigenvalue weighted by atomic mass is 9.51. The Kier molecular flexibility index (Phi) is 3.23. The molecule has 0 aromatic carbocycles. The van der Waals surface area contributed by atoms with Crippen molar-refractivity contribution in [3.63, 3.8) is 0 Å². The Balaban J connectivity index is 1.75. The van der Waals surface area contributed by atoms with Gasteiger partial charge in [0.1, 0.15) is 0 Å². The Morgan fingerprint density at radius 3 is 2.06 bits per heavy atom. The van der Waals surface area contributed by atoms with Crippen molar-refractivity contribution in [3.8, 4) is 0 Å². The van der Waals surface area contributed by atoms with Gasteiger partial charge in [0.15, 0.2) is 0 Å². The molecule has 1 nitrogen and oxygen atoms in total. The monoisotopic (exact) mass is 239 g/mol. The minimum Gasteiger partial charge on any atom is -0.319 e. The van der Waals surface area contributed by atoms with Crippen LogP contribution in [0.5, 0.6) is 0 Å². The van der Waals surface area contributed by atoms with Gasteiger partial charge in [-0.25, -0.2) is 0 Å². The molecule has 2 heteroatoms. The van der Waals surface area contributed by atoms with Crippen LogP contribution in [0.1, 0.15) is 32.1 Å². The molecule has 16 heavy (non-hydrogen) atoms. The molecule has 0 saturated heterocycles. The summed E-state index contributed by atoms with van der Waals surface area (Å²) < 4.78 is 0. The first-order chi connectivity index (χ1) is 7.81. The van der Waals surface area contributed by atoms with Gasteiger partial charge >= 0.3 is 0 Å². The maximum absolute atomic E-state index is 3.41. The van der Waals surface area contributed by atoms with Gasteiger partial charge in [-0.1, -0.05) is 0 Å². The molecule has 4 saturated carbocycles. The van der Waals surface area contributed by atoms with E-state index in [1.54, 1.807) is 32.1 Å². The minimum absolute atomic E-state index is 0.875. The number of thioether (sulfide) groups is 1. The van der Waals surface area contributed by atoms with Gasteiger partial charge in [-0.05, 0) is 75.0 Å². The van der Waals surface area contributed by atoms with Crippen LogP contribution in [0.3, 0.4) is 0 Å². The molecule has 4 aliphatic rings. The number of rotatable bonds is 4. The molecule has 0 aromatic heterocycles. The molecule has 0 aliphatic heterocycles. The summed E-state index contributed by atoms with van der Waals surface area (Å²) in [6.45, 7) is 1.22. The van der Waals surface area contributed by atoms with E-state index in [1.165, 1.54) is 6.54 Å². The zero-order valence-corrected chi connectivity index (χ0v) is 11.4. The largest absolute Gasteiger partial charge is 0.319 e. The fraction of sp³-hybridized carbons (Fsp3) is 1.00. The van der Waals surface area contributed by atoms with Crippen LogP contribution in [-0.2, 0) is 0 Å². The van der Waals surface area contributed by atoms with E-state index in [2.05, 4.69) is 30.4 Å². The summed E-state index contributed by atoms with van der Waals surface area (Å²) in [5, 5.41) is 4.28. The molecule has 4 fully saturated rings. The molecular formula is C14H25NS. The van der Waals surface area contributed by atoms with Gasteiger partial charge in [0.2, 0.25) is 0 Å². The van der Waals surface area contributed by atoms with Crippen molar-refractivity contribution in [2.75, 3.05) is 19.8 Å². The molecule has 1 unspecified atom stereocenters. The van der Waals surface area contributed by atoms with E-state index in [9.17, 15) is 0 Å². The highest BCUT2D eigenvalue weighted by molar-refractivity contribution is 7.99. The average Bonchev–Trinajstić information content (AvgIpc) is 2.26. The van der Waals surface area contributed by atoms with Crippen molar-refractivity contribution in [1.29, 1.82) is 0 Å². The summed E-state index contributed by atoms with van der Waals surface area (Å²) in [7, 11) is 2.11. The maximum atomic E-state index is 3.41. The van der Waals surface area contributed by atoms with Crippen LogP contribution in [0, 0.1) is 29.6 Å². The lowest BCUT2D eigenvalue weighted by Crippen LogP contribution is -2.50. The predicted octanol–water partition coefficient (Wildman–Crippen LogP) is 3.01. The Labute approximate surface area is 104 Å². The summed E-state index contributed by atoms with van der Waals surface area (Å²) in [6.07, 6.45) is 10.2. The second-order valence-corrected chi connectivity index (χ2v) is 7.42. The molecule has 92 valence electrons. The van der Waals surface area contributed by atoms with Crippen LogP contribution in [0.2, 0.25) is 0 Å². The van der Waals surface area contributed by atoms with E-state index in [0.29, 0.717) is 0 Å². The normalized spacial score (nSPS) is 47.2. The third-order valence-corrected chi connectivity index (χ3v) is 6.52. The van der Waals surface area contributed by atoms with Crippen molar-refractivity contribution < 1.29 is 0 Å². The van der Waals surface area contributed by atoms with E-state index in [-0.39, 0.29) is 0 Å². The molecule has 1 atom stereocenters. The smallest absolute Gasteiger partial charge is 0.0203 e. The van der Waals surface area contributed by atoms with E-state index in [0.717, 1.165) is 34.8 Å². The van der Waals surface area contributed by atoms with Crippen molar-refractivity contribution in [2.45, 2.75) is 37.4 Å². The van der Waals surface area contributed by atoms with Crippen LogP contribution < -0.4 is 5.32 Å². The van der Waals surface area contributed by atoms with Crippen LogP contribution in [-0.4, -0.2) is 25.1 Å². The third kappa shape index (κ3) is 1.82. The van der Waals surface area contributed by atoms with Gasteiger partial charge in [0.05, 0.1) is 0 Å². The highest BCUT2D eigenvalue weighted by Crippen LogP contribution is 2.58. The lowest BCUT2D eigenvalue weighted by Gasteiger charge is -2.56. The molecule has 0 radical (unpaired) electrons.